The SMILES string of the molecule is Cc1n[nH]c(C)c1NC(=O)c1cccc(S(C)(=O)=O)c1. The number of anilines is 1. The van der Waals surface area contributed by atoms with E-state index in [4.69, 9.17) is 0 Å². The number of rotatable bonds is 3. The van der Waals surface area contributed by atoms with Crippen molar-refractivity contribution < 1.29 is 13.2 Å². The van der Waals surface area contributed by atoms with Crippen molar-refractivity contribution >= 4 is 21.4 Å². The summed E-state index contributed by atoms with van der Waals surface area (Å²) in [7, 11) is -3.34. The minimum atomic E-state index is -3.34. The number of aromatic amines is 1. The van der Waals surface area contributed by atoms with E-state index >= 15 is 0 Å². The lowest BCUT2D eigenvalue weighted by Crippen LogP contribution is -2.13. The Labute approximate surface area is 117 Å². The van der Waals surface area contributed by atoms with E-state index in [9.17, 15) is 13.2 Å². The van der Waals surface area contributed by atoms with Crippen LogP contribution in [0.3, 0.4) is 0 Å². The number of benzene rings is 1. The summed E-state index contributed by atoms with van der Waals surface area (Å²) in [6, 6.07) is 5.92. The van der Waals surface area contributed by atoms with Gasteiger partial charge in [0.1, 0.15) is 0 Å². The van der Waals surface area contributed by atoms with Crippen LogP contribution in [0.1, 0.15) is 21.7 Å². The second-order valence-electron chi connectivity index (χ2n) is 4.56. The third kappa shape index (κ3) is 2.88. The summed E-state index contributed by atoms with van der Waals surface area (Å²) in [4.78, 5) is 12.3. The second-order valence-corrected chi connectivity index (χ2v) is 6.58. The first-order valence-electron chi connectivity index (χ1n) is 5.92. The molecule has 1 aromatic carbocycles. The minimum Gasteiger partial charge on any atom is -0.319 e. The molecule has 2 aromatic rings. The van der Waals surface area contributed by atoms with E-state index in [1.165, 1.54) is 12.1 Å². The van der Waals surface area contributed by atoms with Gasteiger partial charge in [-0.3, -0.25) is 9.89 Å². The molecule has 0 bridgehead atoms. The van der Waals surface area contributed by atoms with Crippen LogP contribution in [-0.2, 0) is 9.84 Å². The molecular formula is C13H15N3O3S. The lowest BCUT2D eigenvalue weighted by Gasteiger charge is -2.06. The van der Waals surface area contributed by atoms with Crippen LogP contribution in [-0.4, -0.2) is 30.8 Å². The molecule has 106 valence electrons. The number of carbonyl (C=O) groups excluding carboxylic acids is 1. The maximum atomic E-state index is 12.1. The van der Waals surface area contributed by atoms with Crippen molar-refractivity contribution in [2.24, 2.45) is 0 Å². The highest BCUT2D eigenvalue weighted by Crippen LogP contribution is 2.18. The average Bonchev–Trinajstić information content (AvgIpc) is 2.69. The van der Waals surface area contributed by atoms with Crippen molar-refractivity contribution in [3.8, 4) is 0 Å². The maximum absolute atomic E-state index is 12.1. The van der Waals surface area contributed by atoms with Crippen LogP contribution in [0.4, 0.5) is 5.69 Å². The number of nitrogens with zero attached hydrogens (tertiary/aromatic N) is 1. The fourth-order valence-electron chi connectivity index (χ4n) is 1.79. The van der Waals surface area contributed by atoms with Crippen LogP contribution in [0.15, 0.2) is 29.2 Å². The summed E-state index contributed by atoms with van der Waals surface area (Å²) in [5.74, 6) is -0.372. The Morgan fingerprint density at radius 2 is 2.00 bits per heavy atom. The number of hydrogen-bond acceptors (Lipinski definition) is 4. The fourth-order valence-corrected chi connectivity index (χ4v) is 2.46. The Morgan fingerprint density at radius 1 is 1.30 bits per heavy atom. The zero-order chi connectivity index (χ0) is 14.9. The molecule has 0 atom stereocenters. The summed E-state index contributed by atoms with van der Waals surface area (Å²) in [5, 5.41) is 9.48. The van der Waals surface area contributed by atoms with Gasteiger partial charge >= 0.3 is 0 Å². The predicted molar refractivity (Wildman–Crippen MR) is 75.6 cm³/mol. The molecule has 0 aliphatic carbocycles. The van der Waals surface area contributed by atoms with Crippen molar-refractivity contribution in [2.45, 2.75) is 18.7 Å². The van der Waals surface area contributed by atoms with Crippen molar-refractivity contribution in [3.05, 3.63) is 41.2 Å². The van der Waals surface area contributed by atoms with Crippen LogP contribution in [0.5, 0.6) is 0 Å². The molecule has 0 saturated heterocycles. The molecule has 7 heteroatoms. The largest absolute Gasteiger partial charge is 0.319 e. The van der Waals surface area contributed by atoms with Gasteiger partial charge in [-0.25, -0.2) is 8.42 Å². The molecule has 0 saturated carbocycles. The van der Waals surface area contributed by atoms with Crippen molar-refractivity contribution in [1.82, 2.24) is 10.2 Å². The third-order valence-corrected chi connectivity index (χ3v) is 4.00. The topological polar surface area (TPSA) is 91.9 Å². The van der Waals surface area contributed by atoms with Gasteiger partial charge in [-0.15, -0.1) is 0 Å². The number of H-pyrrole nitrogens is 1. The van der Waals surface area contributed by atoms with Gasteiger partial charge < -0.3 is 5.32 Å². The highest BCUT2D eigenvalue weighted by atomic mass is 32.2. The van der Waals surface area contributed by atoms with Crippen LogP contribution >= 0.6 is 0 Å². The maximum Gasteiger partial charge on any atom is 0.255 e. The number of hydrogen-bond donors (Lipinski definition) is 2. The van der Waals surface area contributed by atoms with E-state index in [-0.39, 0.29) is 16.4 Å². The predicted octanol–water partition coefficient (Wildman–Crippen LogP) is 1.68. The standard InChI is InChI=1S/C13H15N3O3S/c1-8-12(9(2)16-15-8)14-13(17)10-5-4-6-11(7-10)20(3,18)19/h4-7H,1-3H3,(H,14,17)(H,15,16). The van der Waals surface area contributed by atoms with Crippen LogP contribution in [0.25, 0.3) is 0 Å². The number of carbonyl (C=O) groups is 1. The molecule has 0 aliphatic heterocycles. The smallest absolute Gasteiger partial charge is 0.255 e. The van der Waals surface area contributed by atoms with Gasteiger partial charge in [-0.1, -0.05) is 6.07 Å². The molecule has 2 N–H and O–H groups in total. The molecule has 1 aromatic heterocycles. The van der Waals surface area contributed by atoms with E-state index < -0.39 is 9.84 Å². The Kier molecular flexibility index (Phi) is 3.63. The molecule has 0 unspecified atom stereocenters. The molecule has 0 fully saturated rings. The summed E-state index contributed by atoms with van der Waals surface area (Å²) < 4.78 is 23.0. The Hall–Kier alpha value is -2.15. The quantitative estimate of drug-likeness (QED) is 0.900. The monoisotopic (exact) mass is 293 g/mol. The Morgan fingerprint density at radius 3 is 2.55 bits per heavy atom. The molecule has 20 heavy (non-hydrogen) atoms. The highest BCUT2D eigenvalue weighted by Gasteiger charge is 2.14. The molecule has 0 aliphatic rings. The minimum absolute atomic E-state index is 0.116. The number of amides is 1. The Balaban J connectivity index is 2.31. The van der Waals surface area contributed by atoms with E-state index in [1.807, 2.05) is 0 Å². The number of aryl methyl sites for hydroxylation is 2. The van der Waals surface area contributed by atoms with Crippen LogP contribution in [0.2, 0.25) is 0 Å². The van der Waals surface area contributed by atoms with Crippen molar-refractivity contribution in [3.63, 3.8) is 0 Å². The normalized spacial score (nSPS) is 11.3. The van der Waals surface area contributed by atoms with Gasteiger partial charge in [0.25, 0.3) is 5.91 Å². The van der Waals surface area contributed by atoms with Crippen LogP contribution < -0.4 is 5.32 Å². The highest BCUT2D eigenvalue weighted by molar-refractivity contribution is 7.90. The van der Waals surface area contributed by atoms with Crippen molar-refractivity contribution in [2.75, 3.05) is 11.6 Å². The fraction of sp³-hybridized carbons (Fsp3) is 0.231. The van der Waals surface area contributed by atoms with E-state index in [0.717, 1.165) is 11.9 Å². The van der Waals surface area contributed by atoms with Gasteiger partial charge in [0.05, 0.1) is 22.0 Å². The van der Waals surface area contributed by atoms with E-state index in [1.54, 1.807) is 26.0 Å². The van der Waals surface area contributed by atoms with E-state index in [2.05, 4.69) is 15.5 Å². The lowest BCUT2D eigenvalue weighted by molar-refractivity contribution is 0.102. The van der Waals surface area contributed by atoms with Gasteiger partial charge in [-0.2, -0.15) is 5.10 Å². The molecular weight excluding hydrogens is 278 g/mol. The molecule has 0 radical (unpaired) electrons. The summed E-state index contributed by atoms with van der Waals surface area (Å²) >= 11 is 0. The van der Waals surface area contributed by atoms with E-state index in [0.29, 0.717) is 11.4 Å². The van der Waals surface area contributed by atoms with Crippen LogP contribution in [0, 0.1) is 13.8 Å². The zero-order valence-corrected chi connectivity index (χ0v) is 12.2. The summed E-state index contributed by atoms with van der Waals surface area (Å²) in [5.41, 5.74) is 2.32. The third-order valence-electron chi connectivity index (χ3n) is 2.89. The first kappa shape index (κ1) is 14.3. The van der Waals surface area contributed by atoms with Gasteiger partial charge in [0.15, 0.2) is 9.84 Å². The Bertz CT molecular complexity index is 743. The first-order valence-corrected chi connectivity index (χ1v) is 7.81. The molecule has 2 rings (SSSR count). The molecule has 1 heterocycles. The number of aromatic nitrogens is 2. The first-order chi connectivity index (χ1) is 9.29. The summed E-state index contributed by atoms with van der Waals surface area (Å²) in [6.45, 7) is 3.56. The second kappa shape index (κ2) is 5.09. The summed E-state index contributed by atoms with van der Waals surface area (Å²) in [6.07, 6.45) is 1.11. The number of nitrogens with one attached hydrogen (secondary N) is 2. The van der Waals surface area contributed by atoms with Gasteiger partial charge in [0, 0.05) is 11.8 Å². The van der Waals surface area contributed by atoms with Crippen molar-refractivity contribution in [1.29, 1.82) is 0 Å². The average molecular weight is 293 g/mol. The van der Waals surface area contributed by atoms with Gasteiger partial charge in [-0.05, 0) is 32.0 Å². The van der Waals surface area contributed by atoms with Gasteiger partial charge in [0.2, 0.25) is 0 Å². The number of sulfone groups is 1. The molecule has 0 spiro atoms. The zero-order valence-electron chi connectivity index (χ0n) is 11.4. The molecule has 1 amide bonds. The lowest BCUT2D eigenvalue weighted by atomic mass is 10.2. The molecule has 6 nitrogen and oxygen atoms in total.